The minimum atomic E-state index is -4.70. The van der Waals surface area contributed by atoms with Crippen LogP contribution in [-0.4, -0.2) is 100 Å². The number of rotatable bonds is 16. The van der Waals surface area contributed by atoms with Crippen molar-refractivity contribution in [1.29, 1.82) is 0 Å². The maximum atomic E-state index is 13.3. The molecule has 0 spiro atoms. The molecule has 1 aliphatic carbocycles. The number of anilines is 2. The van der Waals surface area contributed by atoms with Crippen molar-refractivity contribution in [2.75, 3.05) is 50.5 Å². The van der Waals surface area contributed by atoms with E-state index in [2.05, 4.69) is 32.9 Å². The van der Waals surface area contributed by atoms with Crippen LogP contribution in [0.2, 0.25) is 0 Å². The second-order valence-electron chi connectivity index (χ2n) is 17.2. The number of ether oxygens (including phenoxy) is 1. The molecule has 2 aromatic carbocycles. The van der Waals surface area contributed by atoms with Crippen molar-refractivity contribution in [3.05, 3.63) is 94.6 Å². The summed E-state index contributed by atoms with van der Waals surface area (Å²) in [5, 5.41) is 20.6. The topological polar surface area (TPSA) is 183 Å². The summed E-state index contributed by atoms with van der Waals surface area (Å²) in [6.07, 6.45) is 2.78. The third kappa shape index (κ3) is 10.5. The average molecular weight is 872 g/mol. The average Bonchev–Trinajstić information content (AvgIpc) is 3.49. The van der Waals surface area contributed by atoms with Gasteiger partial charge in [0.05, 0.1) is 16.7 Å². The summed E-state index contributed by atoms with van der Waals surface area (Å²) < 4.78 is 45.7. The Bertz CT molecular complexity index is 2390. The first kappa shape index (κ1) is 45.3. The standard InChI is InChI=1S/C46H52F3N7O7/c1-45(2,62)32-22-30-25-51-35(23-29(30)24-36(32)53-41(58)34-10-5-11-38(52-34)46(47,48)49)28-14-12-27(13-15-28)26-55(3)19-7-21-63-20-6-18-50-33-9-4-8-31-40(33)44(61)56(43(31)60)37-16-17-39(57)54-42(37)59/h4-5,8-11,22-25,27-28,37,50,62H,6-7,12-21,26H2,1-3H3,(H,53,58)(H,54,57,59). The molecule has 7 rings (SSSR count). The molecule has 17 heteroatoms. The number of halogens is 3. The van der Waals surface area contributed by atoms with Crippen LogP contribution in [0.3, 0.4) is 0 Å². The summed E-state index contributed by atoms with van der Waals surface area (Å²) in [5.41, 5.74) is -0.353. The lowest BCUT2D eigenvalue weighted by Gasteiger charge is -2.31. The first-order valence-corrected chi connectivity index (χ1v) is 21.3. The Hall–Kier alpha value is -5.78. The molecule has 1 saturated heterocycles. The minimum absolute atomic E-state index is 0.0601. The number of piperidine rings is 1. The number of aromatic nitrogens is 2. The summed E-state index contributed by atoms with van der Waals surface area (Å²) in [4.78, 5) is 75.1. The molecule has 2 aliphatic heterocycles. The maximum absolute atomic E-state index is 13.3. The number of nitrogens with one attached hydrogen (secondary N) is 3. The molecule has 2 aromatic heterocycles. The molecular weight excluding hydrogens is 820 g/mol. The van der Waals surface area contributed by atoms with Crippen LogP contribution in [0.25, 0.3) is 10.8 Å². The Kier molecular flexibility index (Phi) is 13.6. The first-order valence-electron chi connectivity index (χ1n) is 21.3. The molecule has 5 amide bonds. The molecule has 4 N–H and O–H groups in total. The van der Waals surface area contributed by atoms with Gasteiger partial charge in [-0.25, -0.2) is 4.98 Å². The molecule has 4 aromatic rings. The van der Waals surface area contributed by atoms with Crippen molar-refractivity contribution < 1.29 is 47.0 Å². The van der Waals surface area contributed by atoms with Gasteiger partial charge in [-0.2, -0.15) is 13.2 Å². The predicted octanol–water partition coefficient (Wildman–Crippen LogP) is 6.64. The van der Waals surface area contributed by atoms with E-state index in [1.54, 1.807) is 50.4 Å². The van der Waals surface area contributed by atoms with Gasteiger partial charge in [0.15, 0.2) is 0 Å². The zero-order valence-corrected chi connectivity index (χ0v) is 35.5. The van der Waals surface area contributed by atoms with E-state index in [0.717, 1.165) is 78.7 Å². The molecule has 4 heterocycles. The van der Waals surface area contributed by atoms with Crippen LogP contribution in [0, 0.1) is 5.92 Å². The number of aliphatic hydroxyl groups is 1. The van der Waals surface area contributed by atoms with Crippen molar-refractivity contribution in [3.8, 4) is 0 Å². The van der Waals surface area contributed by atoms with E-state index in [1.165, 1.54) is 6.07 Å². The number of fused-ring (bicyclic) bond motifs is 2. The SMILES string of the molecule is CN(CCCOCCCNc1cccc2c1C(=O)N(C1CCC(=O)NC1=O)C2=O)CC1CCC(c2cc3cc(NC(=O)c4cccc(C(F)(F)F)n4)c(C(C)(C)O)cc3cn2)CC1. The van der Waals surface area contributed by atoms with E-state index < -0.39 is 58.7 Å². The molecule has 1 unspecified atom stereocenters. The highest BCUT2D eigenvalue weighted by Gasteiger charge is 2.45. The van der Waals surface area contributed by atoms with E-state index >= 15 is 0 Å². The quantitative estimate of drug-likeness (QED) is 0.0700. The van der Waals surface area contributed by atoms with E-state index in [0.29, 0.717) is 43.3 Å². The summed E-state index contributed by atoms with van der Waals surface area (Å²) in [6.45, 7) is 6.62. The lowest BCUT2D eigenvalue weighted by atomic mass is 9.80. The molecule has 2 fully saturated rings. The summed E-state index contributed by atoms with van der Waals surface area (Å²) in [5.74, 6) is -2.19. The number of benzene rings is 2. The molecule has 1 saturated carbocycles. The Morgan fingerprint density at radius 3 is 2.41 bits per heavy atom. The van der Waals surface area contributed by atoms with E-state index in [1.807, 2.05) is 6.07 Å². The van der Waals surface area contributed by atoms with Crippen LogP contribution in [0.15, 0.2) is 60.8 Å². The van der Waals surface area contributed by atoms with Crippen molar-refractivity contribution in [2.45, 2.75) is 89.0 Å². The van der Waals surface area contributed by atoms with Gasteiger partial charge < -0.3 is 25.4 Å². The normalized spacial score (nSPS) is 19.4. The van der Waals surface area contributed by atoms with Gasteiger partial charge in [0.25, 0.3) is 17.7 Å². The van der Waals surface area contributed by atoms with E-state index in [4.69, 9.17) is 9.72 Å². The Balaban J connectivity index is 0.833. The largest absolute Gasteiger partial charge is 0.433 e. The number of alkyl halides is 3. The molecular formula is C46H52F3N7O7. The Labute approximate surface area is 363 Å². The monoisotopic (exact) mass is 871 g/mol. The smallest absolute Gasteiger partial charge is 0.386 e. The van der Waals surface area contributed by atoms with Gasteiger partial charge in [-0.3, -0.25) is 39.2 Å². The maximum Gasteiger partial charge on any atom is 0.433 e. The second kappa shape index (κ2) is 18.9. The zero-order valence-electron chi connectivity index (χ0n) is 35.5. The lowest BCUT2D eigenvalue weighted by molar-refractivity contribution is -0.141. The zero-order chi connectivity index (χ0) is 45.1. The van der Waals surface area contributed by atoms with Crippen molar-refractivity contribution in [3.63, 3.8) is 0 Å². The summed E-state index contributed by atoms with van der Waals surface area (Å²) in [7, 11) is 2.12. The van der Waals surface area contributed by atoms with Crippen LogP contribution in [0.1, 0.15) is 119 Å². The third-order valence-electron chi connectivity index (χ3n) is 12.0. The van der Waals surface area contributed by atoms with Gasteiger partial charge in [0, 0.05) is 79.4 Å². The third-order valence-corrected chi connectivity index (χ3v) is 12.0. The number of imide groups is 2. The van der Waals surface area contributed by atoms with Crippen molar-refractivity contribution >= 4 is 51.7 Å². The van der Waals surface area contributed by atoms with Gasteiger partial charge >= 0.3 is 6.18 Å². The fourth-order valence-electron chi connectivity index (χ4n) is 8.72. The summed E-state index contributed by atoms with van der Waals surface area (Å²) >= 11 is 0. The lowest BCUT2D eigenvalue weighted by Crippen LogP contribution is -2.54. The van der Waals surface area contributed by atoms with Crippen LogP contribution >= 0.6 is 0 Å². The molecule has 63 heavy (non-hydrogen) atoms. The molecule has 0 bridgehead atoms. The molecule has 0 radical (unpaired) electrons. The number of amides is 5. The van der Waals surface area contributed by atoms with Gasteiger partial charge in [0.1, 0.15) is 17.4 Å². The number of hydrogen-bond acceptors (Lipinski definition) is 11. The van der Waals surface area contributed by atoms with Gasteiger partial charge in [-0.05, 0) is 120 Å². The number of hydrogen-bond donors (Lipinski definition) is 4. The number of carbonyl (C=O) groups is 5. The number of carbonyl (C=O) groups excluding carboxylic acids is 5. The fraction of sp³-hybridized carbons (Fsp3) is 0.457. The highest BCUT2D eigenvalue weighted by atomic mass is 19.4. The van der Waals surface area contributed by atoms with E-state index in [9.17, 15) is 42.3 Å². The van der Waals surface area contributed by atoms with Gasteiger partial charge in [-0.15, -0.1) is 0 Å². The molecule has 3 aliphatic rings. The molecule has 14 nitrogen and oxygen atoms in total. The van der Waals surface area contributed by atoms with Crippen LogP contribution in [-0.2, 0) is 26.1 Å². The molecule has 1 atom stereocenters. The molecule has 334 valence electrons. The highest BCUT2D eigenvalue weighted by Crippen LogP contribution is 2.38. The minimum Gasteiger partial charge on any atom is -0.386 e. The highest BCUT2D eigenvalue weighted by molar-refractivity contribution is 6.25. The number of pyridine rings is 2. The summed E-state index contributed by atoms with van der Waals surface area (Å²) in [6, 6.07) is 12.6. The first-order chi connectivity index (χ1) is 30.0. The van der Waals surface area contributed by atoms with Crippen LogP contribution in [0.4, 0.5) is 24.5 Å². The number of nitrogens with zero attached hydrogens (tertiary/aromatic N) is 4. The van der Waals surface area contributed by atoms with E-state index in [-0.39, 0.29) is 35.6 Å². The predicted molar refractivity (Wildman–Crippen MR) is 228 cm³/mol. The fourth-order valence-corrected chi connectivity index (χ4v) is 8.72. The Morgan fingerprint density at radius 2 is 1.68 bits per heavy atom. The van der Waals surface area contributed by atoms with Gasteiger partial charge in [-0.1, -0.05) is 12.1 Å². The Morgan fingerprint density at radius 1 is 0.937 bits per heavy atom. The van der Waals surface area contributed by atoms with Crippen molar-refractivity contribution in [2.24, 2.45) is 5.92 Å². The van der Waals surface area contributed by atoms with Gasteiger partial charge in [0.2, 0.25) is 11.8 Å². The van der Waals surface area contributed by atoms with Crippen LogP contribution in [0.5, 0.6) is 0 Å². The van der Waals surface area contributed by atoms with Crippen molar-refractivity contribution in [1.82, 2.24) is 25.1 Å². The van der Waals surface area contributed by atoms with Crippen LogP contribution < -0.4 is 16.0 Å². The second-order valence-corrected chi connectivity index (χ2v) is 17.2.